The van der Waals surface area contributed by atoms with Gasteiger partial charge in [-0.2, -0.15) is 0 Å². The van der Waals surface area contributed by atoms with Crippen molar-refractivity contribution in [2.75, 3.05) is 7.11 Å². The van der Waals surface area contributed by atoms with Crippen molar-refractivity contribution in [3.63, 3.8) is 0 Å². The molecular weight excluding hydrogens is 188 g/mol. The number of hydrogen-bond donors (Lipinski definition) is 0. The van der Waals surface area contributed by atoms with Crippen LogP contribution in [0.5, 0.6) is 5.88 Å². The van der Waals surface area contributed by atoms with Crippen LogP contribution in [0.3, 0.4) is 0 Å². The third-order valence-corrected chi connectivity index (χ3v) is 3.26. The van der Waals surface area contributed by atoms with Crippen molar-refractivity contribution in [3.05, 3.63) is 11.8 Å². The summed E-state index contributed by atoms with van der Waals surface area (Å²) in [5, 5.41) is 4.50. The minimum absolute atomic E-state index is 0.478. The number of methoxy groups -OCH3 is 1. The van der Waals surface area contributed by atoms with Crippen molar-refractivity contribution in [1.29, 1.82) is 0 Å². The molecule has 2 rings (SSSR count). The van der Waals surface area contributed by atoms with E-state index < -0.39 is 0 Å². The second kappa shape index (κ2) is 3.87. The predicted molar refractivity (Wildman–Crippen MR) is 60.3 cm³/mol. The molecule has 1 aromatic heterocycles. The molecule has 1 aromatic rings. The van der Waals surface area contributed by atoms with Crippen LogP contribution in [0.25, 0.3) is 0 Å². The van der Waals surface area contributed by atoms with Gasteiger partial charge in [0.1, 0.15) is 0 Å². The summed E-state index contributed by atoms with van der Waals surface area (Å²) in [7, 11) is 1.70. The zero-order valence-corrected chi connectivity index (χ0v) is 10.0. The second-order valence-corrected chi connectivity index (χ2v) is 4.96. The molecule has 1 aliphatic rings. The largest absolute Gasteiger partial charge is 0.480 e. The third kappa shape index (κ3) is 1.87. The summed E-state index contributed by atoms with van der Waals surface area (Å²) in [5.74, 6) is 2.13. The molecule has 1 fully saturated rings. The van der Waals surface area contributed by atoms with Crippen LogP contribution in [0.4, 0.5) is 0 Å². The van der Waals surface area contributed by atoms with Gasteiger partial charge in [0.05, 0.1) is 13.2 Å². The summed E-state index contributed by atoms with van der Waals surface area (Å²) in [5.41, 5.74) is 1.22. The highest BCUT2D eigenvalue weighted by Gasteiger charge is 2.28. The van der Waals surface area contributed by atoms with E-state index in [1.807, 2.05) is 0 Å². The minimum atomic E-state index is 0.478. The first-order valence-corrected chi connectivity index (χ1v) is 5.74. The molecule has 0 N–H and O–H groups in total. The molecule has 0 spiro atoms. The van der Waals surface area contributed by atoms with Crippen LogP contribution in [-0.2, 0) is 0 Å². The third-order valence-electron chi connectivity index (χ3n) is 3.26. The van der Waals surface area contributed by atoms with E-state index in [0.29, 0.717) is 12.0 Å². The van der Waals surface area contributed by atoms with Crippen LogP contribution in [-0.4, -0.2) is 16.9 Å². The van der Waals surface area contributed by atoms with E-state index in [1.165, 1.54) is 18.4 Å². The molecule has 1 aliphatic carbocycles. The topological polar surface area (TPSA) is 27.1 Å². The summed E-state index contributed by atoms with van der Waals surface area (Å²) in [4.78, 5) is 0. The first-order valence-electron chi connectivity index (χ1n) is 5.74. The summed E-state index contributed by atoms with van der Waals surface area (Å²) >= 11 is 0. The molecule has 3 nitrogen and oxygen atoms in total. The number of aromatic nitrogens is 2. The van der Waals surface area contributed by atoms with Gasteiger partial charge in [-0.3, -0.25) is 4.68 Å². The van der Waals surface area contributed by atoms with Gasteiger partial charge in [0.15, 0.2) is 0 Å². The fourth-order valence-corrected chi connectivity index (χ4v) is 2.21. The molecule has 0 bridgehead atoms. The Morgan fingerprint density at radius 3 is 2.53 bits per heavy atom. The fraction of sp³-hybridized carbons (Fsp3) is 0.750. The highest BCUT2D eigenvalue weighted by molar-refractivity contribution is 5.26. The van der Waals surface area contributed by atoms with Crippen LogP contribution >= 0.6 is 0 Å². The van der Waals surface area contributed by atoms with E-state index in [1.54, 1.807) is 7.11 Å². The summed E-state index contributed by atoms with van der Waals surface area (Å²) in [6, 6.07) is 0.599. The molecule has 0 atom stereocenters. The number of hydrogen-bond acceptors (Lipinski definition) is 2. The quantitative estimate of drug-likeness (QED) is 0.763. The highest BCUT2D eigenvalue weighted by atomic mass is 16.5. The van der Waals surface area contributed by atoms with E-state index in [9.17, 15) is 0 Å². The zero-order valence-electron chi connectivity index (χ0n) is 10.0. The van der Waals surface area contributed by atoms with Crippen molar-refractivity contribution in [3.8, 4) is 5.88 Å². The van der Waals surface area contributed by atoms with E-state index >= 15 is 0 Å². The first kappa shape index (κ1) is 10.5. The van der Waals surface area contributed by atoms with E-state index in [-0.39, 0.29) is 0 Å². The Morgan fingerprint density at radius 1 is 1.47 bits per heavy atom. The number of nitrogens with zero attached hydrogens (tertiary/aromatic N) is 2. The molecule has 0 saturated heterocycles. The van der Waals surface area contributed by atoms with Gasteiger partial charge >= 0.3 is 0 Å². The summed E-state index contributed by atoms with van der Waals surface area (Å²) < 4.78 is 7.39. The maximum absolute atomic E-state index is 5.30. The maximum atomic E-state index is 5.30. The van der Waals surface area contributed by atoms with Gasteiger partial charge in [-0.25, -0.2) is 0 Å². The summed E-state index contributed by atoms with van der Waals surface area (Å²) in [6.07, 6.45) is 4.66. The average Bonchev–Trinajstić information content (AvgIpc) is 2.56. The monoisotopic (exact) mass is 208 g/mol. The van der Waals surface area contributed by atoms with Crippen molar-refractivity contribution >= 4 is 0 Å². The molecular formula is C12H20N2O. The Kier molecular flexibility index (Phi) is 2.72. The standard InChI is InChI=1S/C12H20N2O/c1-8(2)11-7-14(13-12(11)15-4)10-5-9(3)6-10/h7-10H,5-6H2,1-4H3. The molecule has 0 aliphatic heterocycles. The van der Waals surface area contributed by atoms with Gasteiger partial charge in [0.2, 0.25) is 5.88 Å². The predicted octanol–water partition coefficient (Wildman–Crippen LogP) is 2.99. The van der Waals surface area contributed by atoms with Crippen LogP contribution in [0, 0.1) is 5.92 Å². The summed E-state index contributed by atoms with van der Waals surface area (Å²) in [6.45, 7) is 6.64. The molecule has 15 heavy (non-hydrogen) atoms. The van der Waals surface area contributed by atoms with Gasteiger partial charge in [0, 0.05) is 11.8 Å². The van der Waals surface area contributed by atoms with Crippen LogP contribution < -0.4 is 4.74 Å². The minimum Gasteiger partial charge on any atom is -0.480 e. The van der Waals surface area contributed by atoms with Gasteiger partial charge in [-0.15, -0.1) is 5.10 Å². The Morgan fingerprint density at radius 2 is 2.13 bits per heavy atom. The molecule has 3 heteroatoms. The first-order chi connectivity index (χ1) is 7.11. The van der Waals surface area contributed by atoms with Gasteiger partial charge < -0.3 is 4.74 Å². The second-order valence-electron chi connectivity index (χ2n) is 4.96. The Hall–Kier alpha value is -0.990. The molecule has 1 heterocycles. The van der Waals surface area contributed by atoms with Crippen molar-refractivity contribution in [2.45, 2.75) is 45.6 Å². The van der Waals surface area contributed by atoms with E-state index in [0.717, 1.165) is 11.8 Å². The lowest BCUT2D eigenvalue weighted by molar-refractivity contribution is 0.197. The molecule has 0 unspecified atom stereocenters. The normalized spacial score (nSPS) is 25.4. The molecule has 0 amide bonds. The fourth-order valence-electron chi connectivity index (χ4n) is 2.21. The maximum Gasteiger partial charge on any atom is 0.235 e. The van der Waals surface area contributed by atoms with Crippen molar-refractivity contribution in [1.82, 2.24) is 9.78 Å². The zero-order chi connectivity index (χ0) is 11.0. The van der Waals surface area contributed by atoms with Gasteiger partial charge in [-0.1, -0.05) is 20.8 Å². The molecule has 0 aromatic carbocycles. The van der Waals surface area contributed by atoms with Crippen LogP contribution in [0.1, 0.15) is 51.1 Å². The molecule has 1 saturated carbocycles. The SMILES string of the molecule is COc1nn(C2CC(C)C2)cc1C(C)C. The average molecular weight is 208 g/mol. The Balaban J connectivity index is 2.19. The Labute approximate surface area is 91.4 Å². The van der Waals surface area contributed by atoms with Gasteiger partial charge in [0.25, 0.3) is 0 Å². The molecule has 0 radical (unpaired) electrons. The van der Waals surface area contributed by atoms with E-state index in [4.69, 9.17) is 4.74 Å². The van der Waals surface area contributed by atoms with Crippen molar-refractivity contribution in [2.24, 2.45) is 5.92 Å². The molecule has 84 valence electrons. The van der Waals surface area contributed by atoms with Gasteiger partial charge in [-0.05, 0) is 24.7 Å². The number of ether oxygens (including phenoxy) is 1. The Bertz CT molecular complexity index is 337. The lowest BCUT2D eigenvalue weighted by atomic mass is 9.82. The van der Waals surface area contributed by atoms with E-state index in [2.05, 4.69) is 36.7 Å². The van der Waals surface area contributed by atoms with Crippen LogP contribution in [0.15, 0.2) is 6.20 Å². The van der Waals surface area contributed by atoms with Crippen molar-refractivity contribution < 1.29 is 4.74 Å². The highest BCUT2D eigenvalue weighted by Crippen LogP contribution is 2.38. The van der Waals surface area contributed by atoms with Crippen LogP contribution in [0.2, 0.25) is 0 Å². The number of rotatable bonds is 3. The lowest BCUT2D eigenvalue weighted by Crippen LogP contribution is -2.24. The smallest absolute Gasteiger partial charge is 0.235 e. The lowest BCUT2D eigenvalue weighted by Gasteiger charge is -2.32.